The number of rotatable bonds is 3. The van der Waals surface area contributed by atoms with Gasteiger partial charge in [-0.3, -0.25) is 9.69 Å². The van der Waals surface area contributed by atoms with E-state index >= 15 is 0 Å². The standard InChI is InChI=1S/C21H22ClFN2O2/c22-17-7-6-16(19(23)10-17)11-24-9-8-21(13-24)14-25(20(26)12-27-15-21)18-4-2-1-3-5-18/h1-7,10H,8-9,11-15H2. The highest BCUT2D eigenvalue weighted by Gasteiger charge is 2.43. The molecule has 4 nitrogen and oxygen atoms in total. The Morgan fingerprint density at radius 2 is 1.96 bits per heavy atom. The number of amides is 1. The van der Waals surface area contributed by atoms with Crippen molar-refractivity contribution in [2.75, 3.05) is 37.7 Å². The Labute approximate surface area is 163 Å². The van der Waals surface area contributed by atoms with E-state index in [0.717, 1.165) is 25.2 Å². The summed E-state index contributed by atoms with van der Waals surface area (Å²) in [6.45, 7) is 3.41. The molecule has 0 aliphatic carbocycles. The number of hydrogen-bond donors (Lipinski definition) is 0. The van der Waals surface area contributed by atoms with Crippen LogP contribution < -0.4 is 4.90 Å². The van der Waals surface area contributed by atoms with E-state index in [1.165, 1.54) is 6.07 Å². The fourth-order valence-electron chi connectivity index (χ4n) is 4.05. The van der Waals surface area contributed by atoms with Gasteiger partial charge in [-0.15, -0.1) is 0 Å². The molecule has 1 atom stereocenters. The monoisotopic (exact) mass is 388 g/mol. The smallest absolute Gasteiger partial charge is 0.252 e. The van der Waals surface area contributed by atoms with Gasteiger partial charge in [0.15, 0.2) is 0 Å². The van der Waals surface area contributed by atoms with Crippen molar-refractivity contribution in [3.8, 4) is 0 Å². The quantitative estimate of drug-likeness (QED) is 0.803. The number of likely N-dealkylation sites (tertiary alicyclic amines) is 1. The van der Waals surface area contributed by atoms with Crippen LogP contribution in [0, 0.1) is 11.2 Å². The van der Waals surface area contributed by atoms with Crippen LogP contribution >= 0.6 is 11.6 Å². The van der Waals surface area contributed by atoms with Crippen molar-refractivity contribution >= 4 is 23.2 Å². The van der Waals surface area contributed by atoms with E-state index < -0.39 is 0 Å². The fraction of sp³-hybridized carbons (Fsp3) is 0.381. The van der Waals surface area contributed by atoms with Crippen molar-refractivity contribution in [3.05, 3.63) is 64.9 Å². The second-order valence-electron chi connectivity index (χ2n) is 7.50. The normalized spacial score (nSPS) is 23.8. The highest BCUT2D eigenvalue weighted by atomic mass is 35.5. The largest absolute Gasteiger partial charge is 0.371 e. The number of anilines is 1. The zero-order valence-corrected chi connectivity index (χ0v) is 15.8. The van der Waals surface area contributed by atoms with Gasteiger partial charge in [0.25, 0.3) is 5.91 Å². The lowest BCUT2D eigenvalue weighted by atomic mass is 9.87. The van der Waals surface area contributed by atoms with E-state index in [4.69, 9.17) is 16.3 Å². The predicted octanol–water partition coefficient (Wildman–Crippen LogP) is 3.73. The first-order chi connectivity index (χ1) is 13.0. The molecule has 2 aromatic carbocycles. The number of hydrogen-bond acceptors (Lipinski definition) is 3. The van der Waals surface area contributed by atoms with Crippen LogP contribution in [0.25, 0.3) is 0 Å². The summed E-state index contributed by atoms with van der Waals surface area (Å²) < 4.78 is 19.9. The van der Waals surface area contributed by atoms with Crippen LogP contribution in [0.1, 0.15) is 12.0 Å². The number of ether oxygens (including phenoxy) is 1. The first kappa shape index (κ1) is 18.4. The minimum atomic E-state index is -0.276. The van der Waals surface area contributed by atoms with Gasteiger partial charge in [-0.1, -0.05) is 35.9 Å². The van der Waals surface area contributed by atoms with Gasteiger partial charge in [-0.25, -0.2) is 4.39 Å². The molecule has 0 bridgehead atoms. The fourth-order valence-corrected chi connectivity index (χ4v) is 4.20. The van der Waals surface area contributed by atoms with Crippen LogP contribution in [-0.4, -0.2) is 43.7 Å². The first-order valence-electron chi connectivity index (χ1n) is 9.14. The molecule has 2 aliphatic rings. The van der Waals surface area contributed by atoms with Crippen molar-refractivity contribution in [1.82, 2.24) is 4.90 Å². The summed E-state index contributed by atoms with van der Waals surface area (Å²) in [5, 5.41) is 0.406. The SMILES string of the molecule is O=C1COCC2(CCN(Cc3ccc(Cl)cc3F)C2)CN1c1ccccc1. The maximum absolute atomic E-state index is 14.1. The van der Waals surface area contributed by atoms with Crippen LogP contribution in [0.15, 0.2) is 48.5 Å². The molecule has 2 fully saturated rings. The van der Waals surface area contributed by atoms with Gasteiger partial charge in [0.05, 0.1) is 6.61 Å². The Morgan fingerprint density at radius 1 is 1.15 bits per heavy atom. The molecule has 2 heterocycles. The average molecular weight is 389 g/mol. The van der Waals surface area contributed by atoms with Crippen LogP contribution in [-0.2, 0) is 16.1 Å². The molecule has 2 saturated heterocycles. The van der Waals surface area contributed by atoms with E-state index in [-0.39, 0.29) is 23.7 Å². The lowest BCUT2D eigenvalue weighted by Gasteiger charge is -2.32. The zero-order chi connectivity index (χ0) is 18.9. The maximum Gasteiger partial charge on any atom is 0.252 e. The maximum atomic E-state index is 14.1. The number of carbonyl (C=O) groups excluding carboxylic acids is 1. The van der Waals surface area contributed by atoms with E-state index in [9.17, 15) is 9.18 Å². The summed E-state index contributed by atoms with van der Waals surface area (Å²) in [4.78, 5) is 16.6. The molecule has 0 radical (unpaired) electrons. The molecule has 0 N–H and O–H groups in total. The van der Waals surface area contributed by atoms with Gasteiger partial charge >= 0.3 is 0 Å². The highest BCUT2D eigenvalue weighted by molar-refractivity contribution is 6.30. The highest BCUT2D eigenvalue weighted by Crippen LogP contribution is 2.36. The molecule has 2 aromatic rings. The summed E-state index contributed by atoms with van der Waals surface area (Å²) in [5.74, 6) is -0.290. The van der Waals surface area contributed by atoms with Crippen LogP contribution in [0.3, 0.4) is 0 Å². The number of nitrogens with zero attached hydrogens (tertiary/aromatic N) is 2. The van der Waals surface area contributed by atoms with Gasteiger partial charge in [-0.2, -0.15) is 0 Å². The Bertz CT molecular complexity index is 832. The molecule has 4 rings (SSSR count). The predicted molar refractivity (Wildman–Crippen MR) is 103 cm³/mol. The minimum absolute atomic E-state index is 0.0136. The average Bonchev–Trinajstić information content (AvgIpc) is 2.97. The molecule has 0 saturated carbocycles. The Hall–Kier alpha value is -1.95. The Kier molecular flexibility index (Phi) is 5.17. The molecule has 6 heteroatoms. The Balaban J connectivity index is 1.50. The lowest BCUT2D eigenvalue weighted by Crippen LogP contribution is -2.42. The lowest BCUT2D eigenvalue weighted by molar-refractivity contribution is -0.122. The van der Waals surface area contributed by atoms with Gasteiger partial charge in [0, 0.05) is 41.3 Å². The van der Waals surface area contributed by atoms with Gasteiger partial charge in [0.2, 0.25) is 0 Å². The first-order valence-corrected chi connectivity index (χ1v) is 9.52. The third-order valence-corrected chi connectivity index (χ3v) is 5.66. The molecule has 2 aliphatic heterocycles. The molecule has 142 valence electrons. The number of carbonyl (C=O) groups is 1. The summed E-state index contributed by atoms with van der Waals surface area (Å²) in [5.41, 5.74) is 1.40. The number of para-hydroxylation sites is 1. The summed E-state index contributed by atoms with van der Waals surface area (Å²) >= 11 is 5.85. The molecule has 1 spiro atoms. The van der Waals surface area contributed by atoms with Crippen molar-refractivity contribution in [2.45, 2.75) is 13.0 Å². The van der Waals surface area contributed by atoms with Gasteiger partial charge < -0.3 is 9.64 Å². The van der Waals surface area contributed by atoms with Crippen molar-refractivity contribution in [2.24, 2.45) is 5.41 Å². The molecule has 0 aromatic heterocycles. The van der Waals surface area contributed by atoms with Crippen molar-refractivity contribution < 1.29 is 13.9 Å². The van der Waals surface area contributed by atoms with Gasteiger partial charge in [-0.05, 0) is 37.2 Å². The second kappa shape index (κ2) is 7.58. The van der Waals surface area contributed by atoms with E-state index in [0.29, 0.717) is 30.3 Å². The summed E-state index contributed by atoms with van der Waals surface area (Å²) in [7, 11) is 0. The third-order valence-electron chi connectivity index (χ3n) is 5.42. The molecular formula is C21H22ClFN2O2. The summed E-state index contributed by atoms with van der Waals surface area (Å²) in [6, 6.07) is 14.5. The minimum Gasteiger partial charge on any atom is -0.371 e. The molecule has 27 heavy (non-hydrogen) atoms. The molecule has 1 amide bonds. The second-order valence-corrected chi connectivity index (χ2v) is 7.94. The Morgan fingerprint density at radius 3 is 2.74 bits per heavy atom. The number of halogens is 2. The van der Waals surface area contributed by atoms with Gasteiger partial charge in [0.1, 0.15) is 12.4 Å². The molecular weight excluding hydrogens is 367 g/mol. The number of benzene rings is 2. The van der Waals surface area contributed by atoms with Crippen LogP contribution in [0.2, 0.25) is 5.02 Å². The zero-order valence-electron chi connectivity index (χ0n) is 15.0. The van der Waals surface area contributed by atoms with Crippen LogP contribution in [0.5, 0.6) is 0 Å². The molecule has 1 unspecified atom stereocenters. The van der Waals surface area contributed by atoms with E-state index in [1.807, 2.05) is 35.2 Å². The third kappa shape index (κ3) is 4.00. The van der Waals surface area contributed by atoms with Crippen molar-refractivity contribution in [3.63, 3.8) is 0 Å². The van der Waals surface area contributed by atoms with E-state index in [1.54, 1.807) is 12.1 Å². The van der Waals surface area contributed by atoms with Crippen molar-refractivity contribution in [1.29, 1.82) is 0 Å². The summed E-state index contributed by atoms with van der Waals surface area (Å²) in [6.07, 6.45) is 0.915. The van der Waals surface area contributed by atoms with E-state index in [2.05, 4.69) is 4.90 Å². The van der Waals surface area contributed by atoms with Crippen LogP contribution in [0.4, 0.5) is 10.1 Å². The topological polar surface area (TPSA) is 32.8 Å².